The molecule has 0 aromatic rings. The lowest BCUT2D eigenvalue weighted by Gasteiger charge is -2.48. The van der Waals surface area contributed by atoms with Crippen molar-refractivity contribution >= 4 is 5.96 Å². The van der Waals surface area contributed by atoms with Crippen molar-refractivity contribution in [1.82, 2.24) is 20.4 Å². The molecule has 2 saturated heterocycles. The summed E-state index contributed by atoms with van der Waals surface area (Å²) in [6.07, 6.45) is 9.03. The first-order valence-corrected chi connectivity index (χ1v) is 11.4. The molecule has 0 spiro atoms. The maximum Gasteiger partial charge on any atom is 0.191 e. The highest BCUT2D eigenvalue weighted by molar-refractivity contribution is 5.79. The van der Waals surface area contributed by atoms with Gasteiger partial charge in [0.2, 0.25) is 0 Å². The van der Waals surface area contributed by atoms with E-state index in [0.717, 1.165) is 71.7 Å². The summed E-state index contributed by atoms with van der Waals surface area (Å²) in [5, 5.41) is 7.17. The van der Waals surface area contributed by atoms with E-state index in [0.29, 0.717) is 0 Å². The van der Waals surface area contributed by atoms with Gasteiger partial charge >= 0.3 is 0 Å². The summed E-state index contributed by atoms with van der Waals surface area (Å²) in [6.45, 7) is 11.0. The standard InChI is InChI=1S/C21H41N5O2/c1-22-20(23-9-5-6-10-25-11-15-27-16-12-25)24-19-21(7-3-2-4-8-21)26-13-17-28-18-14-26/h2-19H2,1H3,(H2,22,23,24). The Morgan fingerprint density at radius 1 is 0.893 bits per heavy atom. The number of nitrogens with zero attached hydrogens (tertiary/aromatic N) is 3. The predicted molar refractivity (Wildman–Crippen MR) is 114 cm³/mol. The smallest absolute Gasteiger partial charge is 0.191 e. The summed E-state index contributed by atoms with van der Waals surface area (Å²) in [5.41, 5.74) is 0.274. The van der Waals surface area contributed by atoms with E-state index in [1.165, 1.54) is 51.5 Å². The molecule has 7 nitrogen and oxygen atoms in total. The number of guanidine groups is 1. The number of hydrogen-bond donors (Lipinski definition) is 2. The van der Waals surface area contributed by atoms with Crippen LogP contribution in [0.4, 0.5) is 0 Å². The molecule has 0 bridgehead atoms. The molecular weight excluding hydrogens is 354 g/mol. The molecule has 162 valence electrons. The number of unbranched alkanes of at least 4 members (excludes halogenated alkanes) is 1. The van der Waals surface area contributed by atoms with Crippen LogP contribution in [0.1, 0.15) is 44.9 Å². The van der Waals surface area contributed by atoms with E-state index in [1.807, 2.05) is 7.05 Å². The molecule has 7 heteroatoms. The molecule has 3 rings (SSSR count). The highest BCUT2D eigenvalue weighted by Gasteiger charge is 2.38. The molecule has 0 atom stereocenters. The minimum Gasteiger partial charge on any atom is -0.379 e. The predicted octanol–water partition coefficient (Wildman–Crippen LogP) is 1.30. The van der Waals surface area contributed by atoms with Crippen molar-refractivity contribution in [2.75, 3.05) is 79.3 Å². The third-order valence-electron chi connectivity index (χ3n) is 6.57. The Balaban J connectivity index is 1.37. The van der Waals surface area contributed by atoms with Gasteiger partial charge in [-0.3, -0.25) is 14.8 Å². The average Bonchev–Trinajstić information content (AvgIpc) is 2.77. The van der Waals surface area contributed by atoms with Crippen molar-refractivity contribution in [1.29, 1.82) is 0 Å². The second-order valence-corrected chi connectivity index (χ2v) is 8.40. The third kappa shape index (κ3) is 6.58. The highest BCUT2D eigenvalue weighted by atomic mass is 16.5. The van der Waals surface area contributed by atoms with Gasteiger partial charge in [-0.1, -0.05) is 19.3 Å². The van der Waals surface area contributed by atoms with Crippen molar-refractivity contribution in [2.24, 2.45) is 4.99 Å². The van der Waals surface area contributed by atoms with Gasteiger partial charge in [-0.25, -0.2) is 0 Å². The second-order valence-electron chi connectivity index (χ2n) is 8.40. The fourth-order valence-corrected chi connectivity index (χ4v) is 4.81. The average molecular weight is 396 g/mol. The fraction of sp³-hybridized carbons (Fsp3) is 0.952. The molecule has 2 N–H and O–H groups in total. The van der Waals surface area contributed by atoms with Crippen molar-refractivity contribution in [2.45, 2.75) is 50.5 Å². The molecule has 0 radical (unpaired) electrons. The summed E-state index contributed by atoms with van der Waals surface area (Å²) >= 11 is 0. The van der Waals surface area contributed by atoms with Crippen LogP contribution in [0.15, 0.2) is 4.99 Å². The van der Waals surface area contributed by atoms with Crippen LogP contribution in [-0.2, 0) is 9.47 Å². The monoisotopic (exact) mass is 395 g/mol. The van der Waals surface area contributed by atoms with E-state index in [4.69, 9.17) is 9.47 Å². The van der Waals surface area contributed by atoms with Gasteiger partial charge in [0, 0.05) is 51.9 Å². The number of aliphatic imine (C=N–C) groups is 1. The molecule has 1 aliphatic carbocycles. The first-order chi connectivity index (χ1) is 13.8. The quantitative estimate of drug-likeness (QED) is 0.367. The van der Waals surface area contributed by atoms with Crippen LogP contribution in [0.2, 0.25) is 0 Å². The van der Waals surface area contributed by atoms with E-state index < -0.39 is 0 Å². The molecule has 0 unspecified atom stereocenters. The van der Waals surface area contributed by atoms with E-state index in [1.54, 1.807) is 0 Å². The van der Waals surface area contributed by atoms with E-state index in [-0.39, 0.29) is 5.54 Å². The zero-order chi connectivity index (χ0) is 19.5. The zero-order valence-corrected chi connectivity index (χ0v) is 17.9. The van der Waals surface area contributed by atoms with Crippen LogP contribution in [0.5, 0.6) is 0 Å². The summed E-state index contributed by atoms with van der Waals surface area (Å²) in [5.74, 6) is 0.949. The van der Waals surface area contributed by atoms with Crippen LogP contribution in [0.25, 0.3) is 0 Å². The molecule has 0 amide bonds. The van der Waals surface area contributed by atoms with Gasteiger partial charge in [0.1, 0.15) is 0 Å². The first-order valence-electron chi connectivity index (χ1n) is 11.4. The van der Waals surface area contributed by atoms with Gasteiger partial charge in [-0.2, -0.15) is 0 Å². The number of hydrogen-bond acceptors (Lipinski definition) is 5. The molecule has 3 fully saturated rings. The van der Waals surface area contributed by atoms with Crippen molar-refractivity contribution in [3.8, 4) is 0 Å². The van der Waals surface area contributed by atoms with Crippen LogP contribution < -0.4 is 10.6 Å². The topological polar surface area (TPSA) is 61.4 Å². The van der Waals surface area contributed by atoms with Gasteiger partial charge in [-0.15, -0.1) is 0 Å². The summed E-state index contributed by atoms with van der Waals surface area (Å²) in [7, 11) is 1.88. The second kappa shape index (κ2) is 12.0. The SMILES string of the molecule is CN=C(NCCCCN1CCOCC1)NCC1(N2CCOCC2)CCCCC1. The Morgan fingerprint density at radius 2 is 1.57 bits per heavy atom. The summed E-state index contributed by atoms with van der Waals surface area (Å²) in [6, 6.07) is 0. The van der Waals surface area contributed by atoms with Crippen LogP contribution >= 0.6 is 0 Å². The lowest BCUT2D eigenvalue weighted by molar-refractivity contribution is -0.0352. The Bertz CT molecular complexity index is 456. The summed E-state index contributed by atoms with van der Waals surface area (Å²) < 4.78 is 11.0. The van der Waals surface area contributed by atoms with E-state index in [2.05, 4.69) is 25.4 Å². The molecule has 0 aromatic carbocycles. The Hall–Kier alpha value is -0.890. The zero-order valence-electron chi connectivity index (χ0n) is 17.9. The fourth-order valence-electron chi connectivity index (χ4n) is 4.81. The van der Waals surface area contributed by atoms with Crippen LogP contribution in [0, 0.1) is 0 Å². The van der Waals surface area contributed by atoms with Gasteiger partial charge in [-0.05, 0) is 32.2 Å². The van der Waals surface area contributed by atoms with Crippen molar-refractivity contribution in [3.05, 3.63) is 0 Å². The molecule has 28 heavy (non-hydrogen) atoms. The van der Waals surface area contributed by atoms with Gasteiger partial charge in [0.25, 0.3) is 0 Å². The lowest BCUT2D eigenvalue weighted by atomic mass is 9.80. The number of morpholine rings is 2. The minimum absolute atomic E-state index is 0.274. The third-order valence-corrected chi connectivity index (χ3v) is 6.57. The number of ether oxygens (including phenoxy) is 2. The molecule has 1 saturated carbocycles. The lowest BCUT2D eigenvalue weighted by Crippen LogP contribution is -2.60. The minimum atomic E-state index is 0.274. The maximum absolute atomic E-state index is 5.59. The number of nitrogens with one attached hydrogen (secondary N) is 2. The number of rotatable bonds is 8. The highest BCUT2D eigenvalue weighted by Crippen LogP contribution is 2.33. The largest absolute Gasteiger partial charge is 0.379 e. The van der Waals surface area contributed by atoms with Gasteiger partial charge < -0.3 is 20.1 Å². The van der Waals surface area contributed by atoms with E-state index in [9.17, 15) is 0 Å². The van der Waals surface area contributed by atoms with Crippen molar-refractivity contribution in [3.63, 3.8) is 0 Å². The molecule has 0 aromatic heterocycles. The van der Waals surface area contributed by atoms with Gasteiger partial charge in [0.15, 0.2) is 5.96 Å². The van der Waals surface area contributed by atoms with E-state index >= 15 is 0 Å². The Morgan fingerprint density at radius 3 is 2.25 bits per heavy atom. The Labute approximate surface area is 171 Å². The van der Waals surface area contributed by atoms with Gasteiger partial charge in [0.05, 0.1) is 26.4 Å². The molecule has 2 heterocycles. The Kier molecular flexibility index (Phi) is 9.31. The maximum atomic E-state index is 5.59. The molecule has 2 aliphatic heterocycles. The van der Waals surface area contributed by atoms with Crippen molar-refractivity contribution < 1.29 is 9.47 Å². The molecular formula is C21H41N5O2. The van der Waals surface area contributed by atoms with Crippen LogP contribution in [0.3, 0.4) is 0 Å². The summed E-state index contributed by atoms with van der Waals surface area (Å²) in [4.78, 5) is 9.64. The van der Waals surface area contributed by atoms with Crippen LogP contribution in [-0.4, -0.2) is 101 Å². The molecule has 3 aliphatic rings. The first kappa shape index (κ1) is 21.8. The normalized spacial score (nSPS) is 24.8.